The number of hydrogen-bond donors (Lipinski definition) is 2. The first-order valence-electron chi connectivity index (χ1n) is 8.65. The van der Waals surface area contributed by atoms with E-state index in [0.29, 0.717) is 5.56 Å². The molecule has 0 saturated carbocycles. The van der Waals surface area contributed by atoms with Gasteiger partial charge in [0.25, 0.3) is 5.91 Å². The van der Waals surface area contributed by atoms with Crippen molar-refractivity contribution in [3.8, 4) is 0 Å². The van der Waals surface area contributed by atoms with Gasteiger partial charge in [0.1, 0.15) is 0 Å². The Balaban J connectivity index is 1.62. The molecule has 5 heteroatoms. The molecule has 0 aliphatic carbocycles. The summed E-state index contributed by atoms with van der Waals surface area (Å²) in [5, 5.41) is 12.5. The molecule has 132 valence electrons. The number of hydrogen-bond acceptors (Lipinski definition) is 4. The Labute approximate surface area is 148 Å². The fourth-order valence-electron chi connectivity index (χ4n) is 2.99. The maximum Gasteiger partial charge on any atom is 0.255 e. The Hall–Kier alpha value is -2.53. The molecule has 2 aromatic rings. The highest BCUT2D eigenvalue weighted by Crippen LogP contribution is 2.21. The van der Waals surface area contributed by atoms with Crippen molar-refractivity contribution in [2.45, 2.75) is 18.9 Å². The van der Waals surface area contributed by atoms with Crippen molar-refractivity contribution in [3.05, 3.63) is 54.1 Å². The molecule has 1 saturated heterocycles. The number of amides is 1. The predicted octanol–water partition coefficient (Wildman–Crippen LogP) is 2.97. The van der Waals surface area contributed by atoms with Gasteiger partial charge in [-0.2, -0.15) is 0 Å². The van der Waals surface area contributed by atoms with Crippen LogP contribution in [0, 0.1) is 0 Å². The molecular formula is C20H25N3O2. The van der Waals surface area contributed by atoms with E-state index in [4.69, 9.17) is 0 Å². The number of rotatable bonds is 4. The second kappa shape index (κ2) is 7.57. The molecule has 0 bridgehead atoms. The Morgan fingerprint density at radius 2 is 1.64 bits per heavy atom. The van der Waals surface area contributed by atoms with E-state index in [1.54, 1.807) is 0 Å². The molecule has 0 aromatic heterocycles. The van der Waals surface area contributed by atoms with Crippen molar-refractivity contribution in [2.75, 3.05) is 42.3 Å². The van der Waals surface area contributed by atoms with E-state index in [-0.39, 0.29) is 12.0 Å². The Bertz CT molecular complexity index is 703. The van der Waals surface area contributed by atoms with E-state index in [0.717, 1.165) is 43.0 Å². The van der Waals surface area contributed by atoms with Gasteiger partial charge in [0, 0.05) is 49.8 Å². The zero-order chi connectivity index (χ0) is 17.8. The number of nitrogens with zero attached hydrogens (tertiary/aromatic N) is 2. The molecule has 2 N–H and O–H groups in total. The third-order valence-electron chi connectivity index (χ3n) is 4.60. The number of nitrogens with one attached hydrogen (secondary N) is 1. The van der Waals surface area contributed by atoms with Crippen molar-refractivity contribution in [1.29, 1.82) is 0 Å². The van der Waals surface area contributed by atoms with E-state index in [1.165, 1.54) is 0 Å². The van der Waals surface area contributed by atoms with Gasteiger partial charge in [0.15, 0.2) is 0 Å². The van der Waals surface area contributed by atoms with Gasteiger partial charge < -0.3 is 20.2 Å². The number of carbonyl (C=O) groups is 1. The average Bonchev–Trinajstić information content (AvgIpc) is 2.63. The van der Waals surface area contributed by atoms with E-state index < -0.39 is 0 Å². The first-order valence-corrected chi connectivity index (χ1v) is 8.65. The number of aliphatic hydroxyl groups is 1. The first kappa shape index (κ1) is 17.3. The highest BCUT2D eigenvalue weighted by atomic mass is 16.3. The number of anilines is 3. The summed E-state index contributed by atoms with van der Waals surface area (Å²) in [6, 6.07) is 15.4. The summed E-state index contributed by atoms with van der Waals surface area (Å²) < 4.78 is 0. The highest BCUT2D eigenvalue weighted by Gasteiger charge is 2.17. The third-order valence-corrected chi connectivity index (χ3v) is 4.60. The van der Waals surface area contributed by atoms with Crippen LogP contribution in [0.4, 0.5) is 17.1 Å². The number of piperidine rings is 1. The molecule has 1 fully saturated rings. The van der Waals surface area contributed by atoms with Crippen LogP contribution < -0.4 is 15.1 Å². The van der Waals surface area contributed by atoms with Gasteiger partial charge in [-0.3, -0.25) is 4.79 Å². The van der Waals surface area contributed by atoms with Gasteiger partial charge >= 0.3 is 0 Å². The van der Waals surface area contributed by atoms with Gasteiger partial charge in [-0.15, -0.1) is 0 Å². The van der Waals surface area contributed by atoms with Gasteiger partial charge in [-0.05, 0) is 61.4 Å². The highest BCUT2D eigenvalue weighted by molar-refractivity contribution is 6.04. The lowest BCUT2D eigenvalue weighted by atomic mass is 10.1. The molecule has 3 rings (SSSR count). The topological polar surface area (TPSA) is 55.8 Å². The summed E-state index contributed by atoms with van der Waals surface area (Å²) in [5.74, 6) is -0.113. The normalized spacial score (nSPS) is 15.1. The smallest absolute Gasteiger partial charge is 0.255 e. The predicted molar refractivity (Wildman–Crippen MR) is 103 cm³/mol. The van der Waals surface area contributed by atoms with Crippen molar-refractivity contribution >= 4 is 23.0 Å². The molecule has 0 spiro atoms. The van der Waals surface area contributed by atoms with Gasteiger partial charge in [-0.1, -0.05) is 0 Å². The lowest BCUT2D eigenvalue weighted by molar-refractivity contribution is 0.102. The minimum absolute atomic E-state index is 0.113. The van der Waals surface area contributed by atoms with Crippen molar-refractivity contribution in [1.82, 2.24) is 0 Å². The minimum atomic E-state index is -0.180. The van der Waals surface area contributed by atoms with Crippen LogP contribution in [0.1, 0.15) is 23.2 Å². The van der Waals surface area contributed by atoms with Crippen molar-refractivity contribution in [2.24, 2.45) is 0 Å². The van der Waals surface area contributed by atoms with Crippen LogP contribution in [0.2, 0.25) is 0 Å². The van der Waals surface area contributed by atoms with Gasteiger partial charge in [0.05, 0.1) is 6.10 Å². The van der Waals surface area contributed by atoms with Gasteiger partial charge in [-0.25, -0.2) is 0 Å². The third kappa shape index (κ3) is 4.31. The molecule has 5 nitrogen and oxygen atoms in total. The van der Waals surface area contributed by atoms with Crippen molar-refractivity contribution < 1.29 is 9.90 Å². The summed E-state index contributed by atoms with van der Waals surface area (Å²) in [5.41, 5.74) is 3.61. The van der Waals surface area contributed by atoms with E-state index in [2.05, 4.69) is 10.2 Å². The zero-order valence-electron chi connectivity index (χ0n) is 14.8. The van der Waals surface area contributed by atoms with Gasteiger partial charge in [0.2, 0.25) is 0 Å². The first-order chi connectivity index (χ1) is 12.0. The molecular weight excluding hydrogens is 314 g/mol. The van der Waals surface area contributed by atoms with Crippen LogP contribution in [0.25, 0.3) is 0 Å². The largest absolute Gasteiger partial charge is 0.393 e. The molecule has 25 heavy (non-hydrogen) atoms. The molecule has 1 aliphatic rings. The molecule has 0 unspecified atom stereocenters. The summed E-state index contributed by atoms with van der Waals surface area (Å²) in [4.78, 5) is 16.7. The lowest BCUT2D eigenvalue weighted by Crippen LogP contribution is -2.35. The molecule has 1 aliphatic heterocycles. The Morgan fingerprint density at radius 1 is 1.04 bits per heavy atom. The maximum absolute atomic E-state index is 12.4. The molecule has 0 radical (unpaired) electrons. The fourth-order valence-corrected chi connectivity index (χ4v) is 2.99. The number of carbonyl (C=O) groups excluding carboxylic acids is 1. The Kier molecular flexibility index (Phi) is 5.24. The van der Waals surface area contributed by atoms with Crippen LogP contribution in [-0.4, -0.2) is 44.3 Å². The lowest BCUT2D eigenvalue weighted by Gasteiger charge is -2.31. The summed E-state index contributed by atoms with van der Waals surface area (Å²) in [6.45, 7) is 1.70. The van der Waals surface area contributed by atoms with E-state index in [1.807, 2.05) is 67.5 Å². The van der Waals surface area contributed by atoms with E-state index >= 15 is 0 Å². The second-order valence-corrected chi connectivity index (χ2v) is 6.66. The average molecular weight is 339 g/mol. The van der Waals surface area contributed by atoms with Crippen LogP contribution in [0.3, 0.4) is 0 Å². The minimum Gasteiger partial charge on any atom is -0.393 e. The molecule has 0 atom stereocenters. The SMILES string of the molecule is CN(C)c1ccc(NC(=O)c2ccc(N3CCC(O)CC3)cc2)cc1. The summed E-state index contributed by atoms with van der Waals surface area (Å²) in [6.07, 6.45) is 1.41. The van der Waals surface area contributed by atoms with Crippen molar-refractivity contribution in [3.63, 3.8) is 0 Å². The molecule has 2 aromatic carbocycles. The Morgan fingerprint density at radius 3 is 2.20 bits per heavy atom. The summed E-state index contributed by atoms with van der Waals surface area (Å²) >= 11 is 0. The standard InChI is InChI=1S/C20H25N3O2/c1-22(2)17-9-5-16(6-10-17)21-20(25)15-3-7-18(8-4-15)23-13-11-19(24)12-14-23/h3-10,19,24H,11-14H2,1-2H3,(H,21,25). The fraction of sp³-hybridized carbons (Fsp3) is 0.350. The van der Waals surface area contributed by atoms with E-state index in [9.17, 15) is 9.90 Å². The van der Waals surface area contributed by atoms with Crippen LogP contribution in [0.5, 0.6) is 0 Å². The number of benzene rings is 2. The molecule has 1 amide bonds. The number of aliphatic hydroxyl groups excluding tert-OH is 1. The quantitative estimate of drug-likeness (QED) is 0.899. The maximum atomic E-state index is 12.4. The van der Waals surface area contributed by atoms with Crippen LogP contribution in [-0.2, 0) is 0 Å². The summed E-state index contributed by atoms with van der Waals surface area (Å²) in [7, 11) is 3.97. The molecule has 1 heterocycles. The zero-order valence-corrected chi connectivity index (χ0v) is 14.8. The monoisotopic (exact) mass is 339 g/mol. The van der Waals surface area contributed by atoms with Crippen LogP contribution in [0.15, 0.2) is 48.5 Å². The second-order valence-electron chi connectivity index (χ2n) is 6.66. The van der Waals surface area contributed by atoms with Crippen LogP contribution >= 0.6 is 0 Å².